The van der Waals surface area contributed by atoms with Crippen molar-refractivity contribution in [3.63, 3.8) is 0 Å². The van der Waals surface area contributed by atoms with Gasteiger partial charge in [0, 0.05) is 13.0 Å². The zero-order valence-corrected chi connectivity index (χ0v) is 13.0. The van der Waals surface area contributed by atoms with Crippen LogP contribution < -0.4 is 17.7 Å². The second-order valence-electron chi connectivity index (χ2n) is 1.81. The predicted molar refractivity (Wildman–Crippen MR) is 60.7 cm³/mol. The molecule has 0 aromatic rings. The molecule has 0 aromatic carbocycles. The molecule has 0 atom stereocenters. The summed E-state index contributed by atoms with van der Waals surface area (Å²) in [6, 6.07) is 0. The van der Waals surface area contributed by atoms with E-state index < -0.39 is 0 Å². The predicted octanol–water partition coefficient (Wildman–Crippen LogP) is -8.54. The zero-order valence-electron chi connectivity index (χ0n) is 9.44. The van der Waals surface area contributed by atoms with E-state index in [9.17, 15) is 4.79 Å². The Labute approximate surface area is 138 Å². The van der Waals surface area contributed by atoms with Crippen LogP contribution >= 0.6 is 0 Å². The van der Waals surface area contributed by atoms with Gasteiger partial charge in [-0.3, -0.25) is 4.79 Å². The summed E-state index contributed by atoms with van der Waals surface area (Å²) < 4.78 is 0. The largest absolute Gasteiger partial charge is 2.00 e. The maximum absolute atomic E-state index is 10.4. The van der Waals surface area contributed by atoms with Gasteiger partial charge in [0.25, 0.3) is 0 Å². The molecule has 12 heteroatoms. The van der Waals surface area contributed by atoms with Crippen LogP contribution in [0.4, 0.5) is 0 Å². The number of rotatable bonds is 0. The number of hydrogen-bond donors (Lipinski definition) is 1. The van der Waals surface area contributed by atoms with Crippen LogP contribution in [0.3, 0.4) is 0 Å². The van der Waals surface area contributed by atoms with Crippen molar-refractivity contribution < 1.29 is 55.5 Å². The second kappa shape index (κ2) is 53.7. The first kappa shape index (κ1) is 81.2. The number of halogens is 1. The van der Waals surface area contributed by atoms with Gasteiger partial charge in [-0.25, -0.2) is 0 Å². The molecule has 1 heterocycles. The third-order valence-corrected chi connectivity index (χ3v) is 1.15. The first-order chi connectivity index (χ1) is 3.39. The number of hydrogen-bond acceptors (Lipinski definition) is 1. The van der Waals surface area contributed by atoms with Crippen LogP contribution in [0.15, 0.2) is 0 Å². The van der Waals surface area contributed by atoms with E-state index >= 15 is 0 Å². The van der Waals surface area contributed by atoms with Gasteiger partial charge in [0.1, 0.15) is 0 Å². The molecular weight excluding hydrogens is 286 g/mol. The molecule has 9 nitrogen and oxygen atoms in total. The van der Waals surface area contributed by atoms with E-state index in [2.05, 4.69) is 5.32 Å². The van der Waals surface area contributed by atoms with Gasteiger partial charge in [-0.2, -0.15) is 0 Å². The molecule has 0 aromatic heterocycles. The Morgan fingerprint density at radius 1 is 0.824 bits per heavy atom. The van der Waals surface area contributed by atoms with E-state index in [1.54, 1.807) is 0 Å². The minimum Gasteiger partial charge on any atom is -2.00 e. The molecule has 1 saturated heterocycles. The number of amides is 1. The van der Waals surface area contributed by atoms with Crippen LogP contribution in [-0.4, -0.2) is 91.4 Å². The molecule has 104 valence electrons. The van der Waals surface area contributed by atoms with Crippen molar-refractivity contribution in [3.05, 3.63) is 0 Å². The van der Waals surface area contributed by atoms with Gasteiger partial charge >= 0.3 is 46.1 Å². The number of carbonyl (C=O) groups is 1. The van der Waals surface area contributed by atoms with E-state index in [1.807, 2.05) is 0 Å². The van der Waals surface area contributed by atoms with Gasteiger partial charge < -0.3 is 56.1 Å². The summed E-state index contributed by atoms with van der Waals surface area (Å²) in [5, 5.41) is 2.74. The van der Waals surface area contributed by atoms with Crippen LogP contribution in [-0.2, 0) is 10.3 Å². The fourth-order valence-corrected chi connectivity index (χ4v) is 0.727. The van der Waals surface area contributed by atoms with Gasteiger partial charge in [-0.05, 0) is 12.8 Å². The van der Waals surface area contributed by atoms with Gasteiger partial charge in [0.2, 0.25) is 5.91 Å². The normalized spacial score (nSPS) is 8.82. The van der Waals surface area contributed by atoms with Crippen LogP contribution in [0.25, 0.3) is 0 Å². The Balaban J connectivity index is -0.00000000612. The zero-order chi connectivity index (χ0) is 5.11. The minimum atomic E-state index is 0. The van der Waals surface area contributed by atoms with E-state index in [-0.39, 0.29) is 103 Å². The first-order valence-corrected chi connectivity index (χ1v) is 2.66. The van der Waals surface area contributed by atoms with Crippen molar-refractivity contribution in [2.75, 3.05) is 6.54 Å². The van der Waals surface area contributed by atoms with Gasteiger partial charge in [-0.1, -0.05) is 0 Å². The van der Waals surface area contributed by atoms with E-state index in [4.69, 9.17) is 0 Å². The van der Waals surface area contributed by atoms with Crippen molar-refractivity contribution in [2.24, 2.45) is 0 Å². The van der Waals surface area contributed by atoms with Crippen LogP contribution in [0, 0.1) is 0 Å². The summed E-state index contributed by atoms with van der Waals surface area (Å²) in [4.78, 5) is 10.4. The molecule has 0 saturated carbocycles. The Bertz CT molecular complexity index is 96.0. The maximum atomic E-state index is 10.4. The molecule has 1 aliphatic heterocycles. The molecule has 1 aliphatic rings. The van der Waals surface area contributed by atoms with E-state index in [0.717, 1.165) is 25.8 Å². The number of piperidine rings is 1. The Morgan fingerprint density at radius 2 is 1.18 bits per heavy atom. The minimum absolute atomic E-state index is 0. The van der Waals surface area contributed by atoms with E-state index in [1.165, 1.54) is 0 Å². The summed E-state index contributed by atoms with van der Waals surface area (Å²) in [7, 11) is 0. The molecule has 0 bridgehead atoms. The topological polar surface area (TPSA) is 247 Å². The van der Waals surface area contributed by atoms with Gasteiger partial charge in [-0.15, -0.1) is 0 Å². The third-order valence-electron chi connectivity index (χ3n) is 1.15. The molecule has 0 aliphatic carbocycles. The van der Waals surface area contributed by atoms with Crippen LogP contribution in [0.2, 0.25) is 0 Å². The van der Waals surface area contributed by atoms with Gasteiger partial charge in [0.05, 0.1) is 0 Å². The molecule has 13 N–H and O–H groups in total. The second-order valence-corrected chi connectivity index (χ2v) is 1.81. The summed E-state index contributed by atoms with van der Waals surface area (Å²) in [5.41, 5.74) is 0. The Hall–Kier alpha value is 1.01. The smallest absolute Gasteiger partial charge is 2.00 e. The molecule has 17 heavy (non-hydrogen) atoms. The van der Waals surface area contributed by atoms with Crippen molar-refractivity contribution in [1.29, 1.82) is 0 Å². The average molecular weight is 307 g/mol. The molecule has 0 spiro atoms. The quantitative estimate of drug-likeness (QED) is 0.420. The van der Waals surface area contributed by atoms with Crippen LogP contribution in [0.1, 0.15) is 19.3 Å². The fraction of sp³-hybridized carbons (Fsp3) is 0.800. The summed E-state index contributed by atoms with van der Waals surface area (Å²) in [6.45, 7) is 0.888. The monoisotopic (exact) mass is 306 g/mol. The van der Waals surface area contributed by atoms with Crippen molar-refractivity contribution in [1.82, 2.24) is 5.32 Å². The van der Waals surface area contributed by atoms with Crippen molar-refractivity contribution in [2.45, 2.75) is 19.3 Å². The standard InChI is InChI=1S/C5H9NO.ClH.2Mg.6H2O.O/c7-5-3-1-2-4-6-5;;;;;;;;;;/h1-4H2,(H,6,7);1H;;;6*1H2;/q;;2*+2;;;;;;;-2/p-1. The van der Waals surface area contributed by atoms with Gasteiger partial charge in [0.15, 0.2) is 0 Å². The first-order valence-electron chi connectivity index (χ1n) is 2.66. The molecule has 1 amide bonds. The maximum Gasteiger partial charge on any atom is 2.00 e. The van der Waals surface area contributed by atoms with E-state index in [0.29, 0.717) is 0 Å². The Morgan fingerprint density at radius 3 is 1.29 bits per heavy atom. The third kappa shape index (κ3) is 47.2. The summed E-state index contributed by atoms with van der Waals surface area (Å²) in [5.74, 6) is 0.214. The van der Waals surface area contributed by atoms with Crippen molar-refractivity contribution in [3.8, 4) is 0 Å². The van der Waals surface area contributed by atoms with Crippen LogP contribution in [0.5, 0.6) is 0 Å². The molecule has 0 radical (unpaired) electrons. The summed E-state index contributed by atoms with van der Waals surface area (Å²) in [6.07, 6.45) is 2.97. The molecule has 1 fully saturated rings. The summed E-state index contributed by atoms with van der Waals surface area (Å²) >= 11 is 0. The number of carbonyl (C=O) groups excluding carboxylic acids is 1. The molecular formula is C5H21ClMg2NO8+. The number of nitrogens with one attached hydrogen (secondary N) is 1. The molecule has 1 rings (SSSR count). The SMILES string of the molecule is O.O.O.O.O.O.O=C1CCCCN1.[Cl-].[Mg+2].[Mg+2].[O-2]. The molecule has 0 unspecified atom stereocenters. The van der Waals surface area contributed by atoms with Crippen molar-refractivity contribution >= 4 is 52.0 Å². The average Bonchev–Trinajstić information content (AvgIpc) is 1.69. The fourth-order valence-electron chi connectivity index (χ4n) is 0.727. The Kier molecular flexibility index (Phi) is 257.